The lowest BCUT2D eigenvalue weighted by Gasteiger charge is -2.07. The summed E-state index contributed by atoms with van der Waals surface area (Å²) >= 11 is 0. The van der Waals surface area contributed by atoms with Gasteiger partial charge in [0.15, 0.2) is 11.5 Å². The van der Waals surface area contributed by atoms with E-state index in [1.807, 2.05) is 31.2 Å². The average molecular weight is 361 g/mol. The number of aryl methyl sites for hydroxylation is 1. The number of ether oxygens (including phenoxy) is 1. The summed E-state index contributed by atoms with van der Waals surface area (Å²) in [7, 11) is 1.48. The van der Waals surface area contributed by atoms with E-state index in [-0.39, 0.29) is 11.6 Å². The van der Waals surface area contributed by atoms with Gasteiger partial charge in [-0.25, -0.2) is 9.97 Å². The van der Waals surface area contributed by atoms with E-state index in [9.17, 15) is 4.79 Å². The molecule has 0 radical (unpaired) electrons. The quantitative estimate of drug-likeness (QED) is 0.593. The van der Waals surface area contributed by atoms with Crippen LogP contribution in [0.1, 0.15) is 16.3 Å². The van der Waals surface area contributed by atoms with Crippen molar-refractivity contribution in [2.45, 2.75) is 6.92 Å². The fraction of sp³-hybridized carbons (Fsp3) is 0.111. The molecule has 0 aliphatic rings. The Balaban J connectivity index is 1.54. The van der Waals surface area contributed by atoms with Crippen molar-refractivity contribution in [3.63, 3.8) is 0 Å². The molecule has 0 aliphatic heterocycles. The molecule has 0 saturated carbocycles. The highest BCUT2D eigenvalue weighted by molar-refractivity contribution is 6.03. The number of benzene rings is 1. The van der Waals surface area contributed by atoms with Crippen LogP contribution < -0.4 is 10.1 Å². The van der Waals surface area contributed by atoms with Crippen molar-refractivity contribution >= 4 is 17.2 Å². The van der Waals surface area contributed by atoms with Gasteiger partial charge in [-0.1, -0.05) is 12.1 Å². The van der Waals surface area contributed by atoms with Crippen LogP contribution in [0.5, 0.6) is 5.88 Å². The molecule has 3 heterocycles. The maximum atomic E-state index is 12.3. The minimum Gasteiger partial charge on any atom is -0.481 e. The standard InChI is InChI=1S/C18H15N7O2/c1-11-22-23-16-8-7-14(24-25(11)16)12-3-5-13(6-4-12)21-18(26)15-9-17(27-2)20-10-19-15/h3-10H,1-2H3,(H,21,26). The largest absolute Gasteiger partial charge is 0.481 e. The third kappa shape index (κ3) is 3.30. The van der Waals surface area contributed by atoms with E-state index < -0.39 is 0 Å². The number of hydrogen-bond acceptors (Lipinski definition) is 7. The van der Waals surface area contributed by atoms with Crippen LogP contribution in [0.25, 0.3) is 16.9 Å². The fourth-order valence-electron chi connectivity index (χ4n) is 2.54. The fourth-order valence-corrected chi connectivity index (χ4v) is 2.54. The monoisotopic (exact) mass is 361 g/mol. The molecule has 1 N–H and O–H groups in total. The van der Waals surface area contributed by atoms with E-state index in [2.05, 4.69) is 30.6 Å². The van der Waals surface area contributed by atoms with Crippen molar-refractivity contribution < 1.29 is 9.53 Å². The van der Waals surface area contributed by atoms with Crippen molar-refractivity contribution in [2.75, 3.05) is 12.4 Å². The number of hydrogen-bond donors (Lipinski definition) is 1. The van der Waals surface area contributed by atoms with Crippen LogP contribution in [0.3, 0.4) is 0 Å². The molecule has 9 nitrogen and oxygen atoms in total. The van der Waals surface area contributed by atoms with Gasteiger partial charge in [0.2, 0.25) is 5.88 Å². The number of aromatic nitrogens is 6. The molecular weight excluding hydrogens is 346 g/mol. The van der Waals surface area contributed by atoms with Crippen molar-refractivity contribution in [3.8, 4) is 17.1 Å². The summed E-state index contributed by atoms with van der Waals surface area (Å²) in [4.78, 5) is 20.1. The maximum Gasteiger partial charge on any atom is 0.274 e. The highest BCUT2D eigenvalue weighted by atomic mass is 16.5. The number of fused-ring (bicyclic) bond motifs is 1. The Morgan fingerprint density at radius 2 is 1.89 bits per heavy atom. The molecule has 4 rings (SSSR count). The molecule has 9 heteroatoms. The number of nitrogens with one attached hydrogen (secondary N) is 1. The summed E-state index contributed by atoms with van der Waals surface area (Å²) in [5.74, 6) is 0.704. The van der Waals surface area contributed by atoms with Crippen LogP contribution in [-0.2, 0) is 0 Å². The Bertz CT molecular complexity index is 1120. The second kappa shape index (κ2) is 6.79. The topological polar surface area (TPSA) is 107 Å². The highest BCUT2D eigenvalue weighted by Gasteiger charge is 2.10. The Morgan fingerprint density at radius 1 is 1.07 bits per heavy atom. The Kier molecular flexibility index (Phi) is 4.17. The molecule has 0 bridgehead atoms. The first-order valence-corrected chi connectivity index (χ1v) is 8.11. The lowest BCUT2D eigenvalue weighted by molar-refractivity contribution is 0.102. The van der Waals surface area contributed by atoms with Gasteiger partial charge in [0.25, 0.3) is 5.91 Å². The van der Waals surface area contributed by atoms with Crippen LogP contribution in [-0.4, -0.2) is 42.8 Å². The SMILES string of the molecule is COc1cc(C(=O)Nc2ccc(-c3ccc4nnc(C)n4n3)cc2)ncn1. The molecule has 3 aromatic heterocycles. The van der Waals surface area contributed by atoms with Crippen molar-refractivity contribution in [3.05, 3.63) is 60.3 Å². The second-order valence-corrected chi connectivity index (χ2v) is 5.71. The van der Waals surface area contributed by atoms with Gasteiger partial charge in [-0.2, -0.15) is 9.61 Å². The minimum atomic E-state index is -0.344. The van der Waals surface area contributed by atoms with Crippen molar-refractivity contribution in [2.24, 2.45) is 0 Å². The predicted octanol–water partition coefficient (Wildman–Crippen LogP) is 2.15. The van der Waals surface area contributed by atoms with Gasteiger partial charge in [0.1, 0.15) is 12.0 Å². The molecule has 0 unspecified atom stereocenters. The van der Waals surface area contributed by atoms with Crippen molar-refractivity contribution in [1.82, 2.24) is 29.8 Å². The van der Waals surface area contributed by atoms with Crippen LogP contribution >= 0.6 is 0 Å². The van der Waals surface area contributed by atoms with E-state index in [1.165, 1.54) is 19.5 Å². The lowest BCUT2D eigenvalue weighted by Crippen LogP contribution is -2.14. The minimum absolute atomic E-state index is 0.223. The molecule has 134 valence electrons. The van der Waals surface area contributed by atoms with Gasteiger partial charge in [-0.15, -0.1) is 10.2 Å². The summed E-state index contributed by atoms with van der Waals surface area (Å²) in [6.07, 6.45) is 1.28. The third-order valence-corrected chi connectivity index (χ3v) is 3.94. The van der Waals surface area contributed by atoms with Gasteiger partial charge in [-0.3, -0.25) is 4.79 Å². The third-order valence-electron chi connectivity index (χ3n) is 3.94. The smallest absolute Gasteiger partial charge is 0.274 e. The second-order valence-electron chi connectivity index (χ2n) is 5.71. The van der Waals surface area contributed by atoms with Gasteiger partial charge >= 0.3 is 0 Å². The van der Waals surface area contributed by atoms with E-state index in [4.69, 9.17) is 4.74 Å². The summed E-state index contributed by atoms with van der Waals surface area (Å²) in [5, 5.41) is 15.4. The van der Waals surface area contributed by atoms with Gasteiger partial charge in [-0.05, 0) is 31.2 Å². The van der Waals surface area contributed by atoms with E-state index in [0.29, 0.717) is 17.2 Å². The summed E-state index contributed by atoms with van der Waals surface area (Å²) in [6, 6.07) is 12.6. The first kappa shape index (κ1) is 16.6. The summed E-state index contributed by atoms with van der Waals surface area (Å²) in [5.41, 5.74) is 3.25. The first-order chi connectivity index (χ1) is 13.1. The zero-order valence-corrected chi connectivity index (χ0v) is 14.6. The molecule has 0 aliphatic carbocycles. The van der Waals surface area contributed by atoms with Gasteiger partial charge in [0.05, 0.1) is 12.8 Å². The van der Waals surface area contributed by atoms with Gasteiger partial charge < -0.3 is 10.1 Å². The molecule has 1 amide bonds. The van der Waals surface area contributed by atoms with E-state index >= 15 is 0 Å². The zero-order valence-electron chi connectivity index (χ0n) is 14.6. The van der Waals surface area contributed by atoms with Crippen LogP contribution in [0, 0.1) is 6.92 Å². The number of carbonyl (C=O) groups is 1. The van der Waals surface area contributed by atoms with Crippen molar-refractivity contribution in [1.29, 1.82) is 0 Å². The lowest BCUT2D eigenvalue weighted by atomic mass is 10.1. The molecule has 0 spiro atoms. The molecule has 0 atom stereocenters. The van der Waals surface area contributed by atoms with Crippen LogP contribution in [0.15, 0.2) is 48.8 Å². The highest BCUT2D eigenvalue weighted by Crippen LogP contribution is 2.20. The van der Waals surface area contributed by atoms with Crippen LogP contribution in [0.2, 0.25) is 0 Å². The Hall–Kier alpha value is -3.88. The molecular formula is C18H15N7O2. The van der Waals surface area contributed by atoms with E-state index in [1.54, 1.807) is 16.6 Å². The Morgan fingerprint density at radius 3 is 2.67 bits per heavy atom. The molecule has 4 aromatic rings. The van der Waals surface area contributed by atoms with E-state index in [0.717, 1.165) is 17.1 Å². The summed E-state index contributed by atoms with van der Waals surface area (Å²) < 4.78 is 6.69. The predicted molar refractivity (Wildman–Crippen MR) is 97.5 cm³/mol. The molecule has 27 heavy (non-hydrogen) atoms. The van der Waals surface area contributed by atoms with Gasteiger partial charge in [0, 0.05) is 17.3 Å². The molecule has 0 fully saturated rings. The Labute approximate surface area is 154 Å². The number of nitrogens with zero attached hydrogens (tertiary/aromatic N) is 6. The number of methoxy groups -OCH3 is 1. The number of rotatable bonds is 4. The van der Waals surface area contributed by atoms with Crippen LogP contribution in [0.4, 0.5) is 5.69 Å². The molecule has 0 saturated heterocycles. The molecule has 1 aromatic carbocycles. The number of anilines is 1. The zero-order chi connectivity index (χ0) is 18.8. The summed E-state index contributed by atoms with van der Waals surface area (Å²) in [6.45, 7) is 1.84. The average Bonchev–Trinajstić information content (AvgIpc) is 3.09. The first-order valence-electron chi connectivity index (χ1n) is 8.11. The number of carbonyl (C=O) groups excluding carboxylic acids is 1. The normalized spacial score (nSPS) is 10.7. The number of amides is 1. The maximum absolute atomic E-state index is 12.3.